The van der Waals surface area contributed by atoms with Crippen LogP contribution in [-0.2, 0) is 0 Å². The van der Waals surface area contributed by atoms with Gasteiger partial charge in [0.05, 0.1) is 5.69 Å². The first-order chi connectivity index (χ1) is 9.40. The van der Waals surface area contributed by atoms with Crippen LogP contribution in [0.15, 0.2) is 24.3 Å². The van der Waals surface area contributed by atoms with Crippen LogP contribution >= 0.6 is 11.6 Å². The Kier molecular flexibility index (Phi) is 3.80. The molecular formula is C12H6ClF3N2O2. The van der Waals surface area contributed by atoms with E-state index in [0.717, 1.165) is 12.1 Å². The molecule has 0 aliphatic heterocycles. The fourth-order valence-electron chi connectivity index (χ4n) is 1.45. The Morgan fingerprint density at radius 3 is 2.50 bits per heavy atom. The molecule has 0 saturated carbocycles. The second-order valence-electron chi connectivity index (χ2n) is 3.68. The summed E-state index contributed by atoms with van der Waals surface area (Å²) in [6, 6.07) is 4.00. The Labute approximate surface area is 115 Å². The fourth-order valence-corrected chi connectivity index (χ4v) is 1.60. The predicted octanol–water partition coefficient (Wildman–Crippen LogP) is 3.59. The quantitative estimate of drug-likeness (QED) is 0.672. The van der Waals surface area contributed by atoms with Crippen molar-refractivity contribution >= 4 is 29.1 Å². The number of halogens is 4. The summed E-state index contributed by atoms with van der Waals surface area (Å²) in [5, 5.41) is 11.2. The zero-order valence-electron chi connectivity index (χ0n) is 9.62. The van der Waals surface area contributed by atoms with E-state index < -0.39 is 29.1 Å². The van der Waals surface area contributed by atoms with Crippen LogP contribution in [0.4, 0.5) is 24.7 Å². The Hall–Kier alpha value is -2.28. The second-order valence-corrected chi connectivity index (χ2v) is 4.07. The Morgan fingerprint density at radius 2 is 1.85 bits per heavy atom. The van der Waals surface area contributed by atoms with E-state index in [1.54, 1.807) is 0 Å². The van der Waals surface area contributed by atoms with Crippen LogP contribution in [0.3, 0.4) is 0 Å². The van der Waals surface area contributed by atoms with E-state index in [4.69, 9.17) is 16.7 Å². The number of hydrogen-bond donors (Lipinski definition) is 2. The summed E-state index contributed by atoms with van der Waals surface area (Å²) in [6.07, 6.45) is 0. The molecule has 0 unspecified atom stereocenters. The third-order valence-electron chi connectivity index (χ3n) is 2.38. The van der Waals surface area contributed by atoms with Crippen LogP contribution in [0.1, 0.15) is 10.4 Å². The zero-order valence-corrected chi connectivity index (χ0v) is 10.4. The van der Waals surface area contributed by atoms with Crippen molar-refractivity contribution < 1.29 is 23.1 Å². The van der Waals surface area contributed by atoms with Gasteiger partial charge in [0.2, 0.25) is 0 Å². The molecule has 2 aromatic rings. The summed E-state index contributed by atoms with van der Waals surface area (Å²) in [7, 11) is 0. The second kappa shape index (κ2) is 5.38. The highest BCUT2D eigenvalue weighted by Crippen LogP contribution is 2.25. The maximum Gasteiger partial charge on any atom is 0.339 e. The molecule has 0 bridgehead atoms. The lowest BCUT2D eigenvalue weighted by atomic mass is 10.2. The van der Waals surface area contributed by atoms with Crippen molar-refractivity contribution in [1.29, 1.82) is 0 Å². The van der Waals surface area contributed by atoms with Crippen molar-refractivity contribution in [2.45, 2.75) is 0 Å². The highest BCUT2D eigenvalue weighted by molar-refractivity contribution is 6.29. The lowest BCUT2D eigenvalue weighted by Gasteiger charge is -2.10. The number of hydrogen-bond acceptors (Lipinski definition) is 3. The van der Waals surface area contributed by atoms with E-state index in [0.29, 0.717) is 6.07 Å². The van der Waals surface area contributed by atoms with Crippen LogP contribution in [0, 0.1) is 17.5 Å². The van der Waals surface area contributed by atoms with Gasteiger partial charge in [-0.15, -0.1) is 0 Å². The maximum atomic E-state index is 13.5. The summed E-state index contributed by atoms with van der Waals surface area (Å²) >= 11 is 5.61. The molecule has 1 aromatic carbocycles. The van der Waals surface area contributed by atoms with Crippen LogP contribution < -0.4 is 5.32 Å². The number of aromatic nitrogens is 1. The number of pyridine rings is 1. The van der Waals surface area contributed by atoms with Gasteiger partial charge in [-0.25, -0.2) is 22.9 Å². The normalized spacial score (nSPS) is 10.4. The molecule has 0 radical (unpaired) electrons. The van der Waals surface area contributed by atoms with Crippen LogP contribution in [-0.4, -0.2) is 16.1 Å². The van der Waals surface area contributed by atoms with E-state index in [1.807, 2.05) is 0 Å². The zero-order chi connectivity index (χ0) is 14.9. The SMILES string of the molecule is O=C(O)c1ccc(Cl)nc1Nc1ccc(F)c(F)c1F. The van der Waals surface area contributed by atoms with E-state index >= 15 is 0 Å². The fraction of sp³-hybridized carbons (Fsp3) is 0. The molecule has 0 aliphatic carbocycles. The van der Waals surface area contributed by atoms with Gasteiger partial charge in [0, 0.05) is 0 Å². The molecule has 1 heterocycles. The molecule has 0 aliphatic rings. The Bertz CT molecular complexity index is 695. The molecule has 104 valence electrons. The minimum atomic E-state index is -1.67. The molecule has 8 heteroatoms. The molecule has 2 N–H and O–H groups in total. The van der Waals surface area contributed by atoms with E-state index in [2.05, 4.69) is 10.3 Å². The van der Waals surface area contributed by atoms with Crippen LogP contribution in [0.2, 0.25) is 5.15 Å². The number of aromatic carboxylic acids is 1. The van der Waals surface area contributed by atoms with Gasteiger partial charge in [0.1, 0.15) is 16.5 Å². The summed E-state index contributed by atoms with van der Waals surface area (Å²) in [6.45, 7) is 0. The average Bonchev–Trinajstić information content (AvgIpc) is 2.39. The van der Waals surface area contributed by atoms with Crippen molar-refractivity contribution in [2.75, 3.05) is 5.32 Å². The first kappa shape index (κ1) is 14.1. The summed E-state index contributed by atoms with van der Waals surface area (Å²) in [5.74, 6) is -6.13. The van der Waals surface area contributed by atoms with Gasteiger partial charge in [-0.2, -0.15) is 0 Å². The predicted molar refractivity (Wildman–Crippen MR) is 65.8 cm³/mol. The van der Waals surface area contributed by atoms with Crippen molar-refractivity contribution in [3.8, 4) is 0 Å². The van der Waals surface area contributed by atoms with E-state index in [1.165, 1.54) is 6.07 Å². The first-order valence-electron chi connectivity index (χ1n) is 5.20. The molecule has 2 rings (SSSR count). The number of benzene rings is 1. The highest BCUT2D eigenvalue weighted by atomic mass is 35.5. The minimum absolute atomic E-state index is 0.0412. The van der Waals surface area contributed by atoms with Crippen LogP contribution in [0.25, 0.3) is 0 Å². The van der Waals surface area contributed by atoms with Gasteiger partial charge in [-0.1, -0.05) is 11.6 Å². The number of nitrogens with zero attached hydrogens (tertiary/aromatic N) is 1. The molecule has 0 atom stereocenters. The number of nitrogens with one attached hydrogen (secondary N) is 1. The van der Waals surface area contributed by atoms with Crippen molar-refractivity contribution in [3.63, 3.8) is 0 Å². The summed E-state index contributed by atoms with van der Waals surface area (Å²) in [4.78, 5) is 14.7. The third kappa shape index (κ3) is 2.67. The molecular weight excluding hydrogens is 297 g/mol. The standard InChI is InChI=1S/C12H6ClF3N2O2/c13-8-4-1-5(12(19)20)11(18-8)17-7-3-2-6(14)9(15)10(7)16/h1-4H,(H,17,18)(H,19,20). The molecule has 20 heavy (non-hydrogen) atoms. The number of carboxylic acids is 1. The summed E-state index contributed by atoms with van der Waals surface area (Å²) < 4.78 is 39.4. The van der Waals surface area contributed by atoms with Crippen molar-refractivity contribution in [2.24, 2.45) is 0 Å². The van der Waals surface area contributed by atoms with Gasteiger partial charge in [0.25, 0.3) is 0 Å². The lowest BCUT2D eigenvalue weighted by molar-refractivity contribution is 0.0697. The van der Waals surface area contributed by atoms with Crippen molar-refractivity contribution in [3.05, 3.63) is 52.4 Å². The van der Waals surface area contributed by atoms with Gasteiger partial charge in [0.15, 0.2) is 17.5 Å². The molecule has 4 nitrogen and oxygen atoms in total. The van der Waals surface area contributed by atoms with Crippen molar-refractivity contribution in [1.82, 2.24) is 4.98 Å². The van der Waals surface area contributed by atoms with Gasteiger partial charge in [-0.3, -0.25) is 0 Å². The molecule has 0 saturated heterocycles. The first-order valence-corrected chi connectivity index (χ1v) is 5.58. The van der Waals surface area contributed by atoms with E-state index in [-0.39, 0.29) is 16.5 Å². The highest BCUT2D eigenvalue weighted by Gasteiger charge is 2.17. The molecule has 0 amide bonds. The molecule has 0 fully saturated rings. The van der Waals surface area contributed by atoms with Gasteiger partial charge in [-0.05, 0) is 24.3 Å². The maximum absolute atomic E-state index is 13.5. The Balaban J connectivity index is 2.47. The number of anilines is 2. The van der Waals surface area contributed by atoms with Gasteiger partial charge >= 0.3 is 5.97 Å². The largest absolute Gasteiger partial charge is 0.478 e. The molecule has 1 aromatic heterocycles. The summed E-state index contributed by atoms with van der Waals surface area (Å²) in [5.41, 5.74) is -0.750. The number of carboxylic acid groups (broad SMARTS) is 1. The Morgan fingerprint density at radius 1 is 1.15 bits per heavy atom. The monoisotopic (exact) mass is 302 g/mol. The molecule has 0 spiro atoms. The number of carbonyl (C=O) groups is 1. The van der Waals surface area contributed by atoms with Crippen LogP contribution in [0.5, 0.6) is 0 Å². The third-order valence-corrected chi connectivity index (χ3v) is 2.59. The topological polar surface area (TPSA) is 62.2 Å². The number of rotatable bonds is 3. The van der Waals surface area contributed by atoms with E-state index in [9.17, 15) is 18.0 Å². The smallest absolute Gasteiger partial charge is 0.339 e. The minimum Gasteiger partial charge on any atom is -0.478 e. The lowest BCUT2D eigenvalue weighted by Crippen LogP contribution is -2.07. The average molecular weight is 303 g/mol. The van der Waals surface area contributed by atoms with Gasteiger partial charge < -0.3 is 10.4 Å².